The molecule has 0 saturated carbocycles. The third-order valence-electron chi connectivity index (χ3n) is 2.59. The lowest BCUT2D eigenvalue weighted by atomic mass is 10.1. The number of carbonyl (C=O) groups excluding carboxylic acids is 3. The number of methoxy groups -OCH3 is 2. The predicted molar refractivity (Wildman–Crippen MR) is 75.7 cm³/mol. The second-order valence-corrected chi connectivity index (χ2v) is 4.91. The van der Waals surface area contributed by atoms with Crippen molar-refractivity contribution in [3.05, 3.63) is 28.2 Å². The molecule has 0 heterocycles. The van der Waals surface area contributed by atoms with Crippen LogP contribution in [0.5, 0.6) is 5.75 Å². The van der Waals surface area contributed by atoms with E-state index >= 15 is 0 Å². The third-order valence-corrected chi connectivity index (χ3v) is 3.09. The summed E-state index contributed by atoms with van der Waals surface area (Å²) in [6, 6.07) is 3.07. The summed E-state index contributed by atoms with van der Waals surface area (Å²) in [5.74, 6) is -2.43. The van der Waals surface area contributed by atoms with Gasteiger partial charge in [-0.05, 0) is 18.2 Å². The van der Waals surface area contributed by atoms with Crippen molar-refractivity contribution in [3.63, 3.8) is 0 Å². The molecule has 0 bridgehead atoms. The monoisotopic (exact) mass is 359 g/mol. The number of ether oxygens (including phenoxy) is 2. The lowest BCUT2D eigenvalue weighted by molar-refractivity contribution is -0.149. The highest BCUT2D eigenvalue weighted by Gasteiger charge is 2.26. The Bertz CT molecular complexity index is 560. The maximum Gasteiger partial charge on any atom is 0.328 e. The smallest absolute Gasteiger partial charge is 0.328 e. The molecule has 1 amide bonds. The zero-order valence-corrected chi connectivity index (χ0v) is 13.0. The Balaban J connectivity index is 2.89. The number of halogens is 1. The molecule has 1 rings (SSSR count). The van der Waals surface area contributed by atoms with Crippen LogP contribution in [0.25, 0.3) is 0 Å². The Kier molecular flexibility index (Phi) is 6.16. The van der Waals surface area contributed by atoms with Crippen LogP contribution < -0.4 is 5.32 Å². The molecule has 1 atom stereocenters. The van der Waals surface area contributed by atoms with Gasteiger partial charge in [0.2, 0.25) is 0 Å². The molecule has 0 aliphatic carbocycles. The molecule has 0 fully saturated rings. The average Bonchev–Trinajstić information content (AvgIpc) is 2.45. The SMILES string of the molecule is COC(=O)C[C@H](NC(=O)c1ccc(Br)cc1O)C(=O)OC. The second kappa shape index (κ2) is 7.63. The number of rotatable bonds is 5. The average molecular weight is 360 g/mol. The van der Waals surface area contributed by atoms with Crippen LogP contribution in [0.4, 0.5) is 0 Å². The summed E-state index contributed by atoms with van der Waals surface area (Å²) in [6.07, 6.45) is -0.369. The number of hydrogen-bond donors (Lipinski definition) is 2. The normalized spacial score (nSPS) is 11.4. The quantitative estimate of drug-likeness (QED) is 0.760. The molecule has 0 aromatic heterocycles. The first-order valence-electron chi connectivity index (χ1n) is 5.83. The fourth-order valence-corrected chi connectivity index (χ4v) is 1.87. The van der Waals surface area contributed by atoms with E-state index in [1.165, 1.54) is 19.2 Å². The molecule has 7 nitrogen and oxygen atoms in total. The Morgan fingerprint density at radius 2 is 1.95 bits per heavy atom. The van der Waals surface area contributed by atoms with Crippen molar-refractivity contribution in [2.24, 2.45) is 0 Å². The van der Waals surface area contributed by atoms with Crippen molar-refractivity contribution in [3.8, 4) is 5.75 Å². The number of aromatic hydroxyl groups is 1. The Labute approximate surface area is 129 Å². The third kappa shape index (κ3) is 4.75. The van der Waals surface area contributed by atoms with Gasteiger partial charge in [-0.3, -0.25) is 9.59 Å². The highest BCUT2D eigenvalue weighted by atomic mass is 79.9. The maximum atomic E-state index is 12.0. The van der Waals surface area contributed by atoms with Crippen LogP contribution in [0.1, 0.15) is 16.8 Å². The molecule has 21 heavy (non-hydrogen) atoms. The van der Waals surface area contributed by atoms with Crippen molar-refractivity contribution in [1.29, 1.82) is 0 Å². The number of amides is 1. The van der Waals surface area contributed by atoms with Gasteiger partial charge in [0.05, 0.1) is 26.2 Å². The van der Waals surface area contributed by atoms with Crippen LogP contribution in [0, 0.1) is 0 Å². The van der Waals surface area contributed by atoms with Crippen LogP contribution in [-0.2, 0) is 19.1 Å². The van der Waals surface area contributed by atoms with E-state index in [9.17, 15) is 19.5 Å². The lowest BCUT2D eigenvalue weighted by Crippen LogP contribution is -2.43. The molecule has 0 spiro atoms. The van der Waals surface area contributed by atoms with Crippen molar-refractivity contribution in [2.75, 3.05) is 14.2 Å². The van der Waals surface area contributed by atoms with Crippen molar-refractivity contribution >= 4 is 33.8 Å². The van der Waals surface area contributed by atoms with Gasteiger partial charge in [-0.25, -0.2) is 4.79 Å². The molecule has 114 valence electrons. The standard InChI is InChI=1S/C13H14BrNO6/c1-20-11(17)6-9(13(19)21-2)15-12(18)8-4-3-7(14)5-10(8)16/h3-5,9,16H,6H2,1-2H3,(H,15,18)/t9-/m0/s1. The summed E-state index contributed by atoms with van der Waals surface area (Å²) in [4.78, 5) is 34.8. The molecular formula is C13H14BrNO6. The number of nitrogens with one attached hydrogen (secondary N) is 1. The summed E-state index contributed by atoms with van der Waals surface area (Å²) in [7, 11) is 2.30. The topological polar surface area (TPSA) is 102 Å². The maximum absolute atomic E-state index is 12.0. The number of benzene rings is 1. The van der Waals surface area contributed by atoms with Gasteiger partial charge in [0.15, 0.2) is 0 Å². The van der Waals surface area contributed by atoms with Crippen LogP contribution in [-0.4, -0.2) is 43.2 Å². The van der Waals surface area contributed by atoms with Gasteiger partial charge in [-0.2, -0.15) is 0 Å². The van der Waals surface area contributed by atoms with Crippen LogP contribution in [0.15, 0.2) is 22.7 Å². The summed E-state index contributed by atoms with van der Waals surface area (Å²) >= 11 is 3.15. The predicted octanol–water partition coefficient (Wildman–Crippen LogP) is 0.989. The van der Waals surface area contributed by atoms with Gasteiger partial charge in [-0.1, -0.05) is 15.9 Å². The number of hydrogen-bond acceptors (Lipinski definition) is 6. The zero-order chi connectivity index (χ0) is 16.0. The highest BCUT2D eigenvalue weighted by Crippen LogP contribution is 2.22. The molecule has 8 heteroatoms. The first-order chi connectivity index (χ1) is 9.88. The van der Waals surface area contributed by atoms with E-state index in [0.717, 1.165) is 7.11 Å². The number of phenolic OH excluding ortho intramolecular Hbond substituents is 1. The second-order valence-electron chi connectivity index (χ2n) is 3.99. The Morgan fingerprint density at radius 1 is 1.29 bits per heavy atom. The van der Waals surface area contributed by atoms with Gasteiger partial charge < -0.3 is 19.9 Å². The Morgan fingerprint density at radius 3 is 2.48 bits per heavy atom. The first-order valence-corrected chi connectivity index (χ1v) is 6.62. The fourth-order valence-electron chi connectivity index (χ4n) is 1.52. The minimum atomic E-state index is -1.20. The molecule has 0 aliphatic heterocycles. The van der Waals surface area contributed by atoms with Crippen molar-refractivity contribution in [2.45, 2.75) is 12.5 Å². The van der Waals surface area contributed by atoms with E-state index in [4.69, 9.17) is 0 Å². The zero-order valence-electron chi connectivity index (χ0n) is 11.4. The van der Waals surface area contributed by atoms with E-state index in [2.05, 4.69) is 30.7 Å². The van der Waals surface area contributed by atoms with Gasteiger partial charge in [0, 0.05) is 4.47 Å². The van der Waals surface area contributed by atoms with E-state index < -0.39 is 23.9 Å². The molecule has 2 N–H and O–H groups in total. The summed E-state index contributed by atoms with van der Waals surface area (Å²) in [5, 5.41) is 12.0. The molecule has 1 aromatic carbocycles. The molecule has 0 saturated heterocycles. The van der Waals surface area contributed by atoms with Gasteiger partial charge >= 0.3 is 11.9 Å². The molecule has 0 radical (unpaired) electrons. The van der Waals surface area contributed by atoms with E-state index in [1.54, 1.807) is 6.07 Å². The van der Waals surface area contributed by atoms with E-state index in [1.807, 2.05) is 0 Å². The highest BCUT2D eigenvalue weighted by molar-refractivity contribution is 9.10. The van der Waals surface area contributed by atoms with Crippen LogP contribution in [0.3, 0.4) is 0 Å². The largest absolute Gasteiger partial charge is 0.507 e. The summed E-state index contributed by atoms with van der Waals surface area (Å²) < 4.78 is 9.55. The van der Waals surface area contributed by atoms with Crippen LogP contribution in [0.2, 0.25) is 0 Å². The lowest BCUT2D eigenvalue weighted by Gasteiger charge is -2.15. The molecule has 0 unspecified atom stereocenters. The van der Waals surface area contributed by atoms with Crippen LogP contribution >= 0.6 is 15.9 Å². The van der Waals surface area contributed by atoms with Crippen molar-refractivity contribution in [1.82, 2.24) is 5.32 Å². The summed E-state index contributed by atoms with van der Waals surface area (Å²) in [6.45, 7) is 0. The minimum Gasteiger partial charge on any atom is -0.507 e. The fraction of sp³-hybridized carbons (Fsp3) is 0.308. The number of phenols is 1. The summed E-state index contributed by atoms with van der Waals surface area (Å²) in [5.41, 5.74) is -0.0306. The van der Waals surface area contributed by atoms with E-state index in [0.29, 0.717) is 4.47 Å². The Hall–Kier alpha value is -2.09. The number of carbonyl (C=O) groups is 3. The van der Waals surface area contributed by atoms with Gasteiger partial charge in [0.1, 0.15) is 11.8 Å². The van der Waals surface area contributed by atoms with Gasteiger partial charge in [0.25, 0.3) is 5.91 Å². The molecule has 0 aliphatic rings. The van der Waals surface area contributed by atoms with Crippen molar-refractivity contribution < 1.29 is 29.0 Å². The molecular weight excluding hydrogens is 346 g/mol. The van der Waals surface area contributed by atoms with E-state index in [-0.39, 0.29) is 17.7 Å². The molecule has 1 aromatic rings. The minimum absolute atomic E-state index is 0.0306. The number of esters is 2. The van der Waals surface area contributed by atoms with Gasteiger partial charge in [-0.15, -0.1) is 0 Å². The first kappa shape index (κ1) is 17.0.